The van der Waals surface area contributed by atoms with Crippen LogP contribution in [0.2, 0.25) is 0 Å². The SMILES string of the molecule is CNC(=O)c1ccc(/C=C/C(=O)NCCc2c(F)cccc2F)cc1. The lowest BCUT2D eigenvalue weighted by atomic mass is 10.1. The highest BCUT2D eigenvalue weighted by molar-refractivity contribution is 5.94. The smallest absolute Gasteiger partial charge is 0.251 e. The maximum atomic E-state index is 13.5. The van der Waals surface area contributed by atoms with Gasteiger partial charge in [-0.25, -0.2) is 8.78 Å². The highest BCUT2D eigenvalue weighted by Crippen LogP contribution is 2.12. The fourth-order valence-electron chi connectivity index (χ4n) is 2.20. The summed E-state index contributed by atoms with van der Waals surface area (Å²) in [5, 5.41) is 5.09. The van der Waals surface area contributed by atoms with Crippen molar-refractivity contribution in [2.75, 3.05) is 13.6 Å². The third-order valence-corrected chi connectivity index (χ3v) is 3.56. The Kier molecular flexibility index (Phi) is 6.39. The largest absolute Gasteiger partial charge is 0.355 e. The third-order valence-electron chi connectivity index (χ3n) is 3.56. The van der Waals surface area contributed by atoms with Crippen molar-refractivity contribution < 1.29 is 18.4 Å². The van der Waals surface area contributed by atoms with Gasteiger partial charge in [-0.2, -0.15) is 0 Å². The minimum Gasteiger partial charge on any atom is -0.355 e. The molecule has 0 saturated carbocycles. The predicted molar refractivity (Wildman–Crippen MR) is 91.9 cm³/mol. The molecule has 0 aliphatic rings. The molecule has 0 saturated heterocycles. The first-order valence-electron chi connectivity index (χ1n) is 7.72. The van der Waals surface area contributed by atoms with Crippen molar-refractivity contribution in [2.24, 2.45) is 0 Å². The molecule has 0 bridgehead atoms. The molecule has 0 heterocycles. The topological polar surface area (TPSA) is 58.2 Å². The molecule has 0 radical (unpaired) electrons. The molecule has 4 nitrogen and oxygen atoms in total. The number of carbonyl (C=O) groups excluding carboxylic acids is 2. The van der Waals surface area contributed by atoms with Crippen molar-refractivity contribution in [3.05, 3.63) is 76.9 Å². The molecule has 2 aromatic rings. The van der Waals surface area contributed by atoms with Crippen LogP contribution in [0.15, 0.2) is 48.5 Å². The molecule has 0 aromatic heterocycles. The Morgan fingerprint density at radius 3 is 2.28 bits per heavy atom. The fraction of sp³-hybridized carbons (Fsp3) is 0.158. The highest BCUT2D eigenvalue weighted by atomic mass is 19.1. The molecule has 0 aliphatic carbocycles. The summed E-state index contributed by atoms with van der Waals surface area (Å²) in [6, 6.07) is 10.4. The summed E-state index contributed by atoms with van der Waals surface area (Å²) in [6.45, 7) is 0.122. The molecule has 130 valence electrons. The number of carbonyl (C=O) groups is 2. The molecule has 2 amide bonds. The van der Waals surface area contributed by atoms with Crippen molar-refractivity contribution in [1.29, 1.82) is 0 Å². The fourth-order valence-corrected chi connectivity index (χ4v) is 2.20. The molecule has 6 heteroatoms. The van der Waals surface area contributed by atoms with Crippen LogP contribution in [0.25, 0.3) is 6.08 Å². The minimum atomic E-state index is -0.624. The van der Waals surface area contributed by atoms with E-state index in [0.717, 1.165) is 5.56 Å². The maximum absolute atomic E-state index is 13.5. The van der Waals surface area contributed by atoms with E-state index in [9.17, 15) is 18.4 Å². The van der Waals surface area contributed by atoms with E-state index >= 15 is 0 Å². The molecular formula is C19H18F2N2O2. The molecule has 25 heavy (non-hydrogen) atoms. The van der Waals surface area contributed by atoms with Crippen LogP contribution < -0.4 is 10.6 Å². The Balaban J connectivity index is 1.85. The van der Waals surface area contributed by atoms with E-state index in [-0.39, 0.29) is 30.3 Å². The van der Waals surface area contributed by atoms with Gasteiger partial charge in [-0.05, 0) is 42.3 Å². The summed E-state index contributed by atoms with van der Waals surface area (Å²) in [7, 11) is 1.55. The average Bonchev–Trinajstić information content (AvgIpc) is 2.62. The number of nitrogens with one attached hydrogen (secondary N) is 2. The van der Waals surface area contributed by atoms with Crippen molar-refractivity contribution in [3.8, 4) is 0 Å². The van der Waals surface area contributed by atoms with Gasteiger partial charge in [-0.1, -0.05) is 18.2 Å². The number of rotatable bonds is 6. The normalized spacial score (nSPS) is 10.7. The lowest BCUT2D eigenvalue weighted by molar-refractivity contribution is -0.116. The van der Waals surface area contributed by atoms with Gasteiger partial charge in [0.2, 0.25) is 5.91 Å². The Bertz CT molecular complexity index is 766. The second-order valence-electron chi connectivity index (χ2n) is 5.28. The second kappa shape index (κ2) is 8.73. The van der Waals surface area contributed by atoms with Crippen LogP contribution in [0.5, 0.6) is 0 Å². The maximum Gasteiger partial charge on any atom is 0.251 e. The monoisotopic (exact) mass is 344 g/mol. The van der Waals surface area contributed by atoms with Gasteiger partial charge < -0.3 is 10.6 Å². The highest BCUT2D eigenvalue weighted by Gasteiger charge is 2.08. The van der Waals surface area contributed by atoms with E-state index in [1.165, 1.54) is 24.3 Å². The van der Waals surface area contributed by atoms with Crippen LogP contribution in [0.1, 0.15) is 21.5 Å². The summed E-state index contributed by atoms with van der Waals surface area (Å²) in [4.78, 5) is 23.2. The number of halogens is 2. The summed E-state index contributed by atoms with van der Waals surface area (Å²) in [5.41, 5.74) is 1.23. The van der Waals surface area contributed by atoms with Crippen molar-refractivity contribution in [2.45, 2.75) is 6.42 Å². The molecule has 0 unspecified atom stereocenters. The van der Waals surface area contributed by atoms with E-state index in [1.807, 2.05) is 0 Å². The lowest BCUT2D eigenvalue weighted by Crippen LogP contribution is -2.24. The Labute approximate surface area is 144 Å². The van der Waals surface area contributed by atoms with Gasteiger partial charge in [0.25, 0.3) is 5.91 Å². The van der Waals surface area contributed by atoms with Gasteiger partial charge in [-0.3, -0.25) is 9.59 Å². The van der Waals surface area contributed by atoms with Crippen molar-refractivity contribution >= 4 is 17.9 Å². The van der Waals surface area contributed by atoms with Crippen molar-refractivity contribution in [1.82, 2.24) is 10.6 Å². The van der Waals surface area contributed by atoms with Crippen LogP contribution in [0, 0.1) is 11.6 Å². The number of hydrogen-bond donors (Lipinski definition) is 2. The third kappa shape index (κ3) is 5.24. The van der Waals surface area contributed by atoms with Crippen LogP contribution in [-0.4, -0.2) is 25.4 Å². The van der Waals surface area contributed by atoms with E-state index < -0.39 is 11.6 Å². The van der Waals surface area contributed by atoms with Crippen LogP contribution >= 0.6 is 0 Å². The van der Waals surface area contributed by atoms with Gasteiger partial charge in [-0.15, -0.1) is 0 Å². The molecule has 0 atom stereocenters. The van der Waals surface area contributed by atoms with Gasteiger partial charge in [0.15, 0.2) is 0 Å². The average molecular weight is 344 g/mol. The Morgan fingerprint density at radius 2 is 1.68 bits per heavy atom. The quantitative estimate of drug-likeness (QED) is 0.792. The number of benzene rings is 2. The Morgan fingerprint density at radius 1 is 1.04 bits per heavy atom. The van der Waals surface area contributed by atoms with E-state index in [4.69, 9.17) is 0 Å². The Hall–Kier alpha value is -3.02. The van der Waals surface area contributed by atoms with Crippen LogP contribution in [0.3, 0.4) is 0 Å². The summed E-state index contributed by atoms with van der Waals surface area (Å²) >= 11 is 0. The minimum absolute atomic E-state index is 0.0448. The first kappa shape index (κ1) is 18.3. The first-order chi connectivity index (χ1) is 12.0. The van der Waals surface area contributed by atoms with Crippen LogP contribution in [-0.2, 0) is 11.2 Å². The van der Waals surface area contributed by atoms with Gasteiger partial charge >= 0.3 is 0 Å². The van der Waals surface area contributed by atoms with E-state index in [2.05, 4.69) is 10.6 Å². The second-order valence-corrected chi connectivity index (χ2v) is 5.28. The zero-order valence-electron chi connectivity index (χ0n) is 13.7. The van der Waals surface area contributed by atoms with E-state index in [1.54, 1.807) is 37.4 Å². The molecule has 2 aromatic carbocycles. The van der Waals surface area contributed by atoms with E-state index in [0.29, 0.717) is 5.56 Å². The molecular weight excluding hydrogens is 326 g/mol. The summed E-state index contributed by atoms with van der Waals surface area (Å²) in [6.07, 6.45) is 2.98. The number of hydrogen-bond acceptors (Lipinski definition) is 2. The summed E-state index contributed by atoms with van der Waals surface area (Å²) in [5.74, 6) is -1.80. The molecule has 2 N–H and O–H groups in total. The predicted octanol–water partition coefficient (Wildman–Crippen LogP) is 2.70. The number of amides is 2. The molecule has 0 spiro atoms. The molecule has 2 rings (SSSR count). The lowest BCUT2D eigenvalue weighted by Gasteiger charge is -2.05. The molecule has 0 fully saturated rings. The standard InChI is InChI=1S/C19H18F2N2O2/c1-22-19(25)14-8-5-13(6-9-14)7-10-18(24)23-12-11-15-16(20)3-2-4-17(15)21/h2-10H,11-12H2,1H3,(H,22,25)(H,23,24)/b10-7+. The van der Waals surface area contributed by atoms with Crippen molar-refractivity contribution in [3.63, 3.8) is 0 Å². The zero-order valence-corrected chi connectivity index (χ0v) is 13.7. The molecule has 0 aliphatic heterocycles. The zero-order chi connectivity index (χ0) is 18.2. The van der Waals surface area contributed by atoms with Gasteiger partial charge in [0.05, 0.1) is 0 Å². The first-order valence-corrected chi connectivity index (χ1v) is 7.72. The van der Waals surface area contributed by atoms with Gasteiger partial charge in [0.1, 0.15) is 11.6 Å². The summed E-state index contributed by atoms with van der Waals surface area (Å²) < 4.78 is 26.9. The van der Waals surface area contributed by atoms with Crippen LogP contribution in [0.4, 0.5) is 8.78 Å². The van der Waals surface area contributed by atoms with Gasteiger partial charge in [0, 0.05) is 30.8 Å².